The number of rotatable bonds is 5. The number of hydrogen-bond acceptors (Lipinski definition) is 7. The molecule has 0 saturated carbocycles. The van der Waals surface area contributed by atoms with Crippen LogP contribution in [0, 0.1) is 0 Å². The van der Waals surface area contributed by atoms with E-state index in [-0.39, 0.29) is 0 Å². The van der Waals surface area contributed by atoms with Crippen molar-refractivity contribution in [2.24, 2.45) is 0 Å². The van der Waals surface area contributed by atoms with E-state index in [9.17, 15) is 0 Å². The second-order valence-electron chi connectivity index (χ2n) is 4.25. The summed E-state index contributed by atoms with van der Waals surface area (Å²) in [5, 5.41) is 13.5. The van der Waals surface area contributed by atoms with E-state index in [1.165, 1.54) is 11.3 Å². The molecular formula is C13H14N4O3S. The van der Waals surface area contributed by atoms with Gasteiger partial charge in [-0.25, -0.2) is 0 Å². The Labute approximate surface area is 125 Å². The van der Waals surface area contributed by atoms with Crippen molar-refractivity contribution >= 4 is 16.3 Å². The van der Waals surface area contributed by atoms with Crippen LogP contribution in [-0.4, -0.2) is 41.1 Å². The minimum absolute atomic E-state index is 0.367. The Morgan fingerprint density at radius 1 is 1.05 bits per heavy atom. The van der Waals surface area contributed by atoms with Gasteiger partial charge in [-0.05, 0) is 12.1 Å². The van der Waals surface area contributed by atoms with Crippen molar-refractivity contribution in [1.29, 1.82) is 0 Å². The van der Waals surface area contributed by atoms with Crippen molar-refractivity contribution in [3.05, 3.63) is 24.0 Å². The Balaban J connectivity index is 2.07. The van der Waals surface area contributed by atoms with Crippen molar-refractivity contribution in [1.82, 2.24) is 19.8 Å². The summed E-state index contributed by atoms with van der Waals surface area (Å²) in [5.41, 5.74) is 0.907. The van der Waals surface area contributed by atoms with Gasteiger partial charge in [-0.15, -0.1) is 10.2 Å². The average molecular weight is 306 g/mol. The Morgan fingerprint density at radius 3 is 2.38 bits per heavy atom. The van der Waals surface area contributed by atoms with E-state index in [0.717, 1.165) is 15.5 Å². The Morgan fingerprint density at radius 2 is 1.76 bits per heavy atom. The molecule has 7 nitrogen and oxygen atoms in total. The van der Waals surface area contributed by atoms with Crippen LogP contribution in [0.2, 0.25) is 0 Å². The third kappa shape index (κ3) is 2.55. The smallest absolute Gasteiger partial charge is 0.235 e. The highest BCUT2D eigenvalue weighted by molar-refractivity contribution is 7.19. The highest BCUT2D eigenvalue weighted by Crippen LogP contribution is 2.32. The molecule has 2 aromatic heterocycles. The van der Waals surface area contributed by atoms with E-state index >= 15 is 0 Å². The summed E-state index contributed by atoms with van der Waals surface area (Å²) in [6.07, 6.45) is 0. The van der Waals surface area contributed by atoms with Gasteiger partial charge in [0.25, 0.3) is 0 Å². The first-order chi connectivity index (χ1) is 10.2. The van der Waals surface area contributed by atoms with E-state index in [1.54, 1.807) is 25.8 Å². The molecule has 1 aromatic carbocycles. The van der Waals surface area contributed by atoms with Crippen LogP contribution >= 0.6 is 11.3 Å². The number of ether oxygens (including phenoxy) is 3. The minimum Gasteiger partial charge on any atom is -0.497 e. The molecule has 0 atom stereocenters. The third-order valence-corrected chi connectivity index (χ3v) is 3.88. The Hall–Kier alpha value is -2.19. The molecule has 0 amide bonds. The van der Waals surface area contributed by atoms with Crippen LogP contribution in [0.3, 0.4) is 0 Å². The van der Waals surface area contributed by atoms with Crippen molar-refractivity contribution in [3.8, 4) is 22.1 Å². The zero-order valence-electron chi connectivity index (χ0n) is 11.9. The molecule has 3 aromatic rings. The fraction of sp³-hybridized carbons (Fsp3) is 0.308. The molecule has 0 radical (unpaired) electrons. The van der Waals surface area contributed by atoms with E-state index in [1.807, 2.05) is 18.2 Å². The van der Waals surface area contributed by atoms with Crippen LogP contribution in [-0.2, 0) is 11.3 Å². The number of nitrogens with zero attached hydrogens (tertiary/aromatic N) is 4. The molecule has 0 aliphatic rings. The topological polar surface area (TPSA) is 70.8 Å². The average Bonchev–Trinajstić information content (AvgIpc) is 3.09. The van der Waals surface area contributed by atoms with Crippen LogP contribution < -0.4 is 9.47 Å². The molecule has 0 spiro atoms. The van der Waals surface area contributed by atoms with Gasteiger partial charge in [0.05, 0.1) is 14.2 Å². The van der Waals surface area contributed by atoms with E-state index in [4.69, 9.17) is 14.2 Å². The predicted molar refractivity (Wildman–Crippen MR) is 77.9 cm³/mol. The van der Waals surface area contributed by atoms with E-state index in [0.29, 0.717) is 23.9 Å². The summed E-state index contributed by atoms with van der Waals surface area (Å²) in [7, 11) is 4.85. The van der Waals surface area contributed by atoms with Gasteiger partial charge < -0.3 is 14.2 Å². The van der Waals surface area contributed by atoms with Crippen molar-refractivity contribution < 1.29 is 14.2 Å². The number of fused-ring (bicyclic) bond motifs is 1. The molecular weight excluding hydrogens is 292 g/mol. The summed E-state index contributed by atoms with van der Waals surface area (Å²) in [6.45, 7) is 0.367. The molecule has 2 heterocycles. The first kappa shape index (κ1) is 13.8. The van der Waals surface area contributed by atoms with Gasteiger partial charge in [-0.1, -0.05) is 11.3 Å². The Bertz CT molecular complexity index is 746. The molecule has 8 heteroatoms. The van der Waals surface area contributed by atoms with E-state index < -0.39 is 0 Å². The maximum absolute atomic E-state index is 5.28. The monoisotopic (exact) mass is 306 g/mol. The van der Waals surface area contributed by atoms with Crippen LogP contribution in [0.5, 0.6) is 11.5 Å². The van der Waals surface area contributed by atoms with Gasteiger partial charge in [0.2, 0.25) is 4.96 Å². The normalized spacial score (nSPS) is 11.0. The maximum atomic E-state index is 5.28. The van der Waals surface area contributed by atoms with Gasteiger partial charge in [0, 0.05) is 18.7 Å². The lowest BCUT2D eigenvalue weighted by atomic mass is 10.2. The molecule has 3 rings (SSSR count). The number of benzene rings is 1. The molecule has 0 fully saturated rings. The molecule has 0 aliphatic carbocycles. The quantitative estimate of drug-likeness (QED) is 0.718. The SMILES string of the molecule is COCc1nnc2sc(-c3cc(OC)cc(OC)c3)nn12. The number of aromatic nitrogens is 4. The second-order valence-corrected chi connectivity index (χ2v) is 5.21. The summed E-state index contributed by atoms with van der Waals surface area (Å²) >= 11 is 1.45. The van der Waals surface area contributed by atoms with E-state index in [2.05, 4.69) is 15.3 Å². The van der Waals surface area contributed by atoms with Crippen LogP contribution in [0.25, 0.3) is 15.5 Å². The summed E-state index contributed by atoms with van der Waals surface area (Å²) in [4.78, 5) is 0.721. The lowest BCUT2D eigenvalue weighted by Crippen LogP contribution is -1.97. The van der Waals surface area contributed by atoms with Gasteiger partial charge in [-0.3, -0.25) is 0 Å². The van der Waals surface area contributed by atoms with Crippen LogP contribution in [0.4, 0.5) is 0 Å². The van der Waals surface area contributed by atoms with Gasteiger partial charge in [-0.2, -0.15) is 9.61 Å². The highest BCUT2D eigenvalue weighted by Gasteiger charge is 2.14. The Kier molecular flexibility index (Phi) is 3.72. The largest absolute Gasteiger partial charge is 0.497 e. The van der Waals surface area contributed by atoms with Crippen LogP contribution in [0.1, 0.15) is 5.82 Å². The summed E-state index contributed by atoms with van der Waals surface area (Å²) in [6, 6.07) is 5.63. The third-order valence-electron chi connectivity index (χ3n) is 2.93. The summed E-state index contributed by atoms with van der Waals surface area (Å²) in [5.74, 6) is 2.10. The zero-order chi connectivity index (χ0) is 14.8. The number of hydrogen-bond donors (Lipinski definition) is 0. The number of methoxy groups -OCH3 is 3. The van der Waals surface area contributed by atoms with Gasteiger partial charge in [0.15, 0.2) is 5.82 Å². The first-order valence-electron chi connectivity index (χ1n) is 6.18. The minimum atomic E-state index is 0.367. The predicted octanol–water partition coefficient (Wildman–Crippen LogP) is 2.02. The molecule has 21 heavy (non-hydrogen) atoms. The van der Waals surface area contributed by atoms with Gasteiger partial charge >= 0.3 is 0 Å². The second kappa shape index (κ2) is 5.66. The first-order valence-corrected chi connectivity index (χ1v) is 7.00. The summed E-state index contributed by atoms with van der Waals surface area (Å²) < 4.78 is 17.3. The van der Waals surface area contributed by atoms with Crippen molar-refractivity contribution in [2.75, 3.05) is 21.3 Å². The lowest BCUT2D eigenvalue weighted by molar-refractivity contribution is 0.176. The highest BCUT2D eigenvalue weighted by atomic mass is 32.1. The molecule has 110 valence electrons. The fourth-order valence-electron chi connectivity index (χ4n) is 1.92. The molecule has 0 bridgehead atoms. The standard InChI is InChI=1S/C13H14N4O3S/c1-18-7-11-14-15-13-17(11)16-12(21-13)8-4-9(19-2)6-10(5-8)20-3/h4-6H,7H2,1-3H3. The molecule has 0 aliphatic heterocycles. The van der Waals surface area contributed by atoms with Crippen LogP contribution in [0.15, 0.2) is 18.2 Å². The maximum Gasteiger partial charge on any atom is 0.235 e. The zero-order valence-corrected chi connectivity index (χ0v) is 12.7. The molecule has 0 N–H and O–H groups in total. The van der Waals surface area contributed by atoms with Crippen molar-refractivity contribution in [2.45, 2.75) is 6.61 Å². The van der Waals surface area contributed by atoms with Gasteiger partial charge in [0.1, 0.15) is 23.1 Å². The fourth-order valence-corrected chi connectivity index (χ4v) is 2.77. The molecule has 0 unspecified atom stereocenters. The lowest BCUT2D eigenvalue weighted by Gasteiger charge is -2.06. The van der Waals surface area contributed by atoms with Crippen molar-refractivity contribution in [3.63, 3.8) is 0 Å². The molecule has 0 saturated heterocycles.